The van der Waals surface area contributed by atoms with Crippen LogP contribution in [0.4, 0.5) is 5.69 Å². The van der Waals surface area contributed by atoms with Gasteiger partial charge in [0.15, 0.2) is 11.6 Å². The summed E-state index contributed by atoms with van der Waals surface area (Å²) in [5, 5.41) is 3.07. The maximum Gasteiger partial charge on any atom is 0.227 e. The van der Waals surface area contributed by atoms with Gasteiger partial charge >= 0.3 is 0 Å². The molecule has 34 heavy (non-hydrogen) atoms. The molecule has 2 aromatic carbocycles. The van der Waals surface area contributed by atoms with Gasteiger partial charge in [0, 0.05) is 35.8 Å². The molecule has 6 nitrogen and oxygen atoms in total. The lowest BCUT2D eigenvalue weighted by molar-refractivity contribution is -0.121. The number of nitrogens with zero attached hydrogens (tertiary/aromatic N) is 3. The molecule has 2 aromatic heterocycles. The number of benzene rings is 2. The molecule has 1 aliphatic carbocycles. The highest BCUT2D eigenvalue weighted by Gasteiger charge is 2.31. The highest BCUT2D eigenvalue weighted by molar-refractivity contribution is 5.99. The van der Waals surface area contributed by atoms with Gasteiger partial charge in [0.25, 0.3) is 0 Å². The zero-order valence-electron chi connectivity index (χ0n) is 19.3. The van der Waals surface area contributed by atoms with Crippen molar-refractivity contribution in [1.82, 2.24) is 14.5 Å². The number of para-hydroxylation sites is 1. The zero-order valence-corrected chi connectivity index (χ0v) is 19.3. The number of rotatable bonds is 6. The maximum atomic E-state index is 13.1. The van der Waals surface area contributed by atoms with Crippen LogP contribution < -0.4 is 5.32 Å². The van der Waals surface area contributed by atoms with Crippen LogP contribution in [0.1, 0.15) is 55.4 Å². The molecule has 0 spiro atoms. The molecule has 0 saturated heterocycles. The molecule has 1 amide bonds. The Bertz CT molecular complexity index is 1310. The number of Topliss-reactive ketones (excluding diaryl/α,β-unsaturated/α-hetero) is 1. The Balaban J connectivity index is 1.51. The normalized spacial score (nSPS) is 18.0. The van der Waals surface area contributed by atoms with Crippen LogP contribution in [-0.4, -0.2) is 26.2 Å². The van der Waals surface area contributed by atoms with E-state index in [0.717, 1.165) is 53.9 Å². The van der Waals surface area contributed by atoms with Gasteiger partial charge in [-0.25, -0.2) is 4.98 Å². The molecule has 0 bridgehead atoms. The van der Waals surface area contributed by atoms with Crippen molar-refractivity contribution in [2.45, 2.75) is 45.1 Å². The third-order valence-corrected chi connectivity index (χ3v) is 6.65. The van der Waals surface area contributed by atoms with Crippen LogP contribution in [-0.2, 0) is 4.79 Å². The molecule has 0 radical (unpaired) electrons. The summed E-state index contributed by atoms with van der Waals surface area (Å²) in [6.07, 6.45) is 5.76. The van der Waals surface area contributed by atoms with Gasteiger partial charge in [0.2, 0.25) is 5.91 Å². The first-order chi connectivity index (χ1) is 16.6. The SMILES string of the molecule is CCC(=O)c1ccc2c(c1)nc(-c1ccccn1)n2C1CCCC(C(=O)Nc2ccccc2)C1. The number of imidazole rings is 1. The summed E-state index contributed by atoms with van der Waals surface area (Å²) in [6.45, 7) is 1.87. The molecule has 1 aliphatic rings. The van der Waals surface area contributed by atoms with Crippen molar-refractivity contribution in [1.29, 1.82) is 0 Å². The van der Waals surface area contributed by atoms with E-state index in [4.69, 9.17) is 4.98 Å². The minimum absolute atomic E-state index is 0.0653. The molecule has 2 unspecified atom stereocenters. The third-order valence-electron chi connectivity index (χ3n) is 6.65. The van der Waals surface area contributed by atoms with E-state index < -0.39 is 0 Å². The van der Waals surface area contributed by atoms with Crippen molar-refractivity contribution < 1.29 is 9.59 Å². The molecular formula is C28H28N4O2. The molecule has 172 valence electrons. The average molecular weight is 453 g/mol. The number of carbonyl (C=O) groups is 2. The Morgan fingerprint density at radius 3 is 2.62 bits per heavy atom. The Kier molecular flexibility index (Phi) is 6.21. The molecule has 5 rings (SSSR count). The first kappa shape index (κ1) is 22.0. The second kappa shape index (κ2) is 9.59. The number of anilines is 1. The van der Waals surface area contributed by atoms with Crippen molar-refractivity contribution in [3.63, 3.8) is 0 Å². The Morgan fingerprint density at radius 2 is 1.85 bits per heavy atom. The largest absolute Gasteiger partial charge is 0.326 e. The summed E-state index contributed by atoms with van der Waals surface area (Å²) < 4.78 is 2.24. The number of pyridine rings is 1. The minimum atomic E-state index is -0.0751. The highest BCUT2D eigenvalue weighted by Crippen LogP contribution is 2.38. The van der Waals surface area contributed by atoms with E-state index in [-0.39, 0.29) is 23.7 Å². The molecule has 1 saturated carbocycles. The van der Waals surface area contributed by atoms with Gasteiger partial charge in [-0.15, -0.1) is 0 Å². The number of amides is 1. The van der Waals surface area contributed by atoms with E-state index in [1.165, 1.54) is 0 Å². The summed E-state index contributed by atoms with van der Waals surface area (Å²) in [5.74, 6) is 0.876. The van der Waals surface area contributed by atoms with Crippen LogP contribution in [0.15, 0.2) is 72.9 Å². The molecule has 0 aliphatic heterocycles. The van der Waals surface area contributed by atoms with Crippen LogP contribution >= 0.6 is 0 Å². The van der Waals surface area contributed by atoms with Gasteiger partial charge in [-0.1, -0.05) is 37.6 Å². The number of hydrogen-bond acceptors (Lipinski definition) is 4. The number of hydrogen-bond donors (Lipinski definition) is 1. The highest BCUT2D eigenvalue weighted by atomic mass is 16.2. The van der Waals surface area contributed by atoms with E-state index in [9.17, 15) is 9.59 Å². The minimum Gasteiger partial charge on any atom is -0.326 e. The van der Waals surface area contributed by atoms with Crippen molar-refractivity contribution >= 4 is 28.4 Å². The van der Waals surface area contributed by atoms with Crippen molar-refractivity contribution in [2.75, 3.05) is 5.32 Å². The smallest absolute Gasteiger partial charge is 0.227 e. The fourth-order valence-electron chi connectivity index (χ4n) is 4.92. The first-order valence-corrected chi connectivity index (χ1v) is 12.0. The second-order valence-corrected chi connectivity index (χ2v) is 8.87. The van der Waals surface area contributed by atoms with E-state index in [0.29, 0.717) is 12.0 Å². The lowest BCUT2D eigenvalue weighted by atomic mass is 9.84. The van der Waals surface area contributed by atoms with Crippen molar-refractivity contribution in [3.8, 4) is 11.5 Å². The number of aromatic nitrogens is 3. The second-order valence-electron chi connectivity index (χ2n) is 8.87. The summed E-state index contributed by atoms with van der Waals surface area (Å²) in [7, 11) is 0. The summed E-state index contributed by atoms with van der Waals surface area (Å²) in [4.78, 5) is 34.8. The molecule has 4 aromatic rings. The number of nitrogens with one attached hydrogen (secondary N) is 1. The van der Waals surface area contributed by atoms with E-state index in [1.54, 1.807) is 6.20 Å². The van der Waals surface area contributed by atoms with Crippen LogP contribution in [0.3, 0.4) is 0 Å². The Hall–Kier alpha value is -3.80. The fraction of sp³-hybridized carbons (Fsp3) is 0.286. The van der Waals surface area contributed by atoms with Crippen LogP contribution in [0, 0.1) is 5.92 Å². The molecule has 1 fully saturated rings. The number of ketones is 1. The van der Waals surface area contributed by atoms with Gasteiger partial charge in [-0.05, 0) is 61.7 Å². The molecule has 1 N–H and O–H groups in total. The van der Waals surface area contributed by atoms with Crippen LogP contribution in [0.5, 0.6) is 0 Å². The topological polar surface area (TPSA) is 76.9 Å². The van der Waals surface area contributed by atoms with E-state index in [1.807, 2.05) is 73.7 Å². The summed E-state index contributed by atoms with van der Waals surface area (Å²) in [6, 6.07) is 21.3. The Morgan fingerprint density at radius 1 is 1.03 bits per heavy atom. The predicted octanol–water partition coefficient (Wildman–Crippen LogP) is 6.06. The fourth-order valence-corrected chi connectivity index (χ4v) is 4.92. The van der Waals surface area contributed by atoms with Gasteiger partial charge in [-0.2, -0.15) is 0 Å². The van der Waals surface area contributed by atoms with E-state index in [2.05, 4.69) is 14.9 Å². The molecule has 2 heterocycles. The van der Waals surface area contributed by atoms with Gasteiger partial charge in [0.05, 0.1) is 11.0 Å². The standard InChI is InChI=1S/C28H28N4O2/c1-2-26(33)19-14-15-25-24(18-19)31-27(23-13-6-7-16-29-23)32(25)22-12-8-9-20(17-22)28(34)30-21-10-4-3-5-11-21/h3-7,10-11,13-16,18,20,22H,2,8-9,12,17H2,1H3,(H,30,34). The molecule has 6 heteroatoms. The summed E-state index contributed by atoms with van der Waals surface area (Å²) >= 11 is 0. The third kappa shape index (κ3) is 4.36. The summed E-state index contributed by atoms with van der Waals surface area (Å²) in [5.41, 5.74) is 4.05. The van der Waals surface area contributed by atoms with Crippen molar-refractivity contribution in [2.24, 2.45) is 5.92 Å². The molecule has 2 atom stereocenters. The quantitative estimate of drug-likeness (QED) is 0.361. The maximum absolute atomic E-state index is 13.1. The van der Waals surface area contributed by atoms with E-state index >= 15 is 0 Å². The van der Waals surface area contributed by atoms with Crippen LogP contribution in [0.25, 0.3) is 22.6 Å². The zero-order chi connectivity index (χ0) is 23.5. The predicted molar refractivity (Wildman–Crippen MR) is 134 cm³/mol. The van der Waals surface area contributed by atoms with Gasteiger partial charge in [0.1, 0.15) is 5.69 Å². The lowest BCUT2D eigenvalue weighted by Gasteiger charge is -2.30. The van der Waals surface area contributed by atoms with Gasteiger partial charge in [-0.3, -0.25) is 14.6 Å². The van der Waals surface area contributed by atoms with Crippen molar-refractivity contribution in [3.05, 3.63) is 78.5 Å². The van der Waals surface area contributed by atoms with Crippen LogP contribution in [0.2, 0.25) is 0 Å². The number of fused-ring (bicyclic) bond motifs is 1. The average Bonchev–Trinajstić information content (AvgIpc) is 3.28. The first-order valence-electron chi connectivity index (χ1n) is 12.0. The molecular weight excluding hydrogens is 424 g/mol. The lowest BCUT2D eigenvalue weighted by Crippen LogP contribution is -2.29. The Labute approximate surface area is 199 Å². The van der Waals surface area contributed by atoms with Gasteiger partial charge < -0.3 is 9.88 Å². The number of carbonyl (C=O) groups excluding carboxylic acids is 2. The monoisotopic (exact) mass is 452 g/mol.